The predicted molar refractivity (Wildman–Crippen MR) is 127 cm³/mol. The van der Waals surface area contributed by atoms with Crippen LogP contribution in [0.3, 0.4) is 0 Å². The number of piperazine rings is 1. The van der Waals surface area contributed by atoms with Crippen LogP contribution in [0, 0.1) is 0 Å². The molecule has 0 spiro atoms. The van der Waals surface area contributed by atoms with Gasteiger partial charge in [-0.05, 0) is 54.2 Å². The minimum absolute atomic E-state index is 0.0990. The van der Waals surface area contributed by atoms with Gasteiger partial charge in [0.25, 0.3) is 0 Å². The molecule has 0 radical (unpaired) electrons. The van der Waals surface area contributed by atoms with Crippen LogP contribution in [0.5, 0.6) is 0 Å². The molecule has 2 amide bonds. The van der Waals surface area contributed by atoms with E-state index < -0.39 is 0 Å². The van der Waals surface area contributed by atoms with Gasteiger partial charge >= 0.3 is 0 Å². The maximum atomic E-state index is 13.0. The number of nitrogens with one attached hydrogen (secondary N) is 1. The van der Waals surface area contributed by atoms with Crippen LogP contribution >= 0.6 is 0 Å². The van der Waals surface area contributed by atoms with Crippen molar-refractivity contribution >= 4 is 33.7 Å². The monoisotopic (exact) mass is 441 g/mol. The van der Waals surface area contributed by atoms with Crippen molar-refractivity contribution in [2.24, 2.45) is 0 Å². The SMILES string of the molecule is O=C(Cc1c[nH]c2ccccc12)N1CCN(C(=O)Cc2coc3cc4c(cc23)CCC4)CC1. The molecule has 2 aromatic carbocycles. The number of aromatic amines is 1. The Morgan fingerprint density at radius 2 is 1.52 bits per heavy atom. The minimum Gasteiger partial charge on any atom is -0.464 e. The molecule has 1 fully saturated rings. The molecule has 0 atom stereocenters. The number of carbonyl (C=O) groups excluding carboxylic acids is 2. The van der Waals surface area contributed by atoms with E-state index in [1.165, 1.54) is 17.5 Å². The first-order valence-corrected chi connectivity index (χ1v) is 11.8. The van der Waals surface area contributed by atoms with Gasteiger partial charge in [0, 0.05) is 54.2 Å². The molecule has 168 valence electrons. The van der Waals surface area contributed by atoms with Crippen molar-refractivity contribution in [3.8, 4) is 0 Å². The number of amides is 2. The molecule has 6 heteroatoms. The predicted octanol–water partition coefficient (Wildman–Crippen LogP) is 3.86. The number of H-pyrrole nitrogens is 1. The van der Waals surface area contributed by atoms with Gasteiger partial charge in [0.05, 0.1) is 19.1 Å². The molecule has 1 aliphatic carbocycles. The van der Waals surface area contributed by atoms with E-state index in [1.54, 1.807) is 6.26 Å². The Hall–Kier alpha value is -3.54. The number of rotatable bonds is 4. The number of benzene rings is 2. The molecule has 1 N–H and O–H groups in total. The summed E-state index contributed by atoms with van der Waals surface area (Å²) in [6.07, 6.45) is 7.80. The molecule has 0 bridgehead atoms. The normalized spacial score (nSPS) is 16.0. The van der Waals surface area contributed by atoms with Crippen LogP contribution in [0.1, 0.15) is 28.7 Å². The molecule has 4 aromatic rings. The van der Waals surface area contributed by atoms with E-state index in [4.69, 9.17) is 4.42 Å². The highest BCUT2D eigenvalue weighted by molar-refractivity contribution is 5.90. The third-order valence-corrected chi connectivity index (χ3v) is 7.21. The highest BCUT2D eigenvalue weighted by atomic mass is 16.3. The van der Waals surface area contributed by atoms with Crippen molar-refractivity contribution in [1.82, 2.24) is 14.8 Å². The van der Waals surface area contributed by atoms with Crippen LogP contribution in [0.4, 0.5) is 0 Å². The Balaban J connectivity index is 1.08. The third-order valence-electron chi connectivity index (χ3n) is 7.21. The second kappa shape index (κ2) is 8.10. The molecule has 33 heavy (non-hydrogen) atoms. The third kappa shape index (κ3) is 3.69. The van der Waals surface area contributed by atoms with Crippen molar-refractivity contribution < 1.29 is 14.0 Å². The van der Waals surface area contributed by atoms with Crippen LogP contribution in [0.2, 0.25) is 0 Å². The largest absolute Gasteiger partial charge is 0.464 e. The minimum atomic E-state index is 0.0990. The lowest BCUT2D eigenvalue weighted by atomic mass is 10.0. The van der Waals surface area contributed by atoms with Crippen LogP contribution in [-0.4, -0.2) is 52.8 Å². The van der Waals surface area contributed by atoms with Crippen LogP contribution < -0.4 is 0 Å². The van der Waals surface area contributed by atoms with Crippen molar-refractivity contribution in [3.05, 3.63) is 71.1 Å². The lowest BCUT2D eigenvalue weighted by Gasteiger charge is -2.35. The highest BCUT2D eigenvalue weighted by Crippen LogP contribution is 2.30. The Bertz CT molecular complexity index is 1360. The standard InChI is InChI=1S/C27H27N3O3/c31-26(14-20-16-28-24-7-2-1-6-22(20)24)29-8-10-30(11-9-29)27(32)15-21-17-33-25-13-19-5-3-4-18(19)12-23(21)25/h1-2,6-7,12-13,16-17,28H,3-5,8-11,14-15H2. The average molecular weight is 442 g/mol. The highest BCUT2D eigenvalue weighted by Gasteiger charge is 2.26. The molecule has 1 saturated heterocycles. The van der Waals surface area contributed by atoms with E-state index in [-0.39, 0.29) is 11.8 Å². The number of furan rings is 1. The molecule has 6 rings (SSSR count). The van der Waals surface area contributed by atoms with Crippen LogP contribution in [0.15, 0.2) is 53.3 Å². The molecule has 0 unspecified atom stereocenters. The van der Waals surface area contributed by atoms with Gasteiger partial charge in [-0.25, -0.2) is 0 Å². The van der Waals surface area contributed by atoms with Gasteiger partial charge in [0.1, 0.15) is 5.58 Å². The number of fused-ring (bicyclic) bond motifs is 3. The average Bonchev–Trinajstić information content (AvgIpc) is 3.57. The summed E-state index contributed by atoms with van der Waals surface area (Å²) in [6.45, 7) is 2.30. The quantitative estimate of drug-likeness (QED) is 0.523. The Labute approximate surface area is 192 Å². The summed E-state index contributed by atoms with van der Waals surface area (Å²) in [4.78, 5) is 32.9. The van der Waals surface area contributed by atoms with E-state index in [0.29, 0.717) is 39.0 Å². The molecule has 0 saturated carbocycles. The van der Waals surface area contributed by atoms with Crippen molar-refractivity contribution in [1.29, 1.82) is 0 Å². The summed E-state index contributed by atoms with van der Waals surface area (Å²) in [5, 5.41) is 2.16. The Morgan fingerprint density at radius 1 is 0.848 bits per heavy atom. The van der Waals surface area contributed by atoms with Gasteiger partial charge < -0.3 is 19.2 Å². The Morgan fingerprint density at radius 3 is 2.27 bits per heavy atom. The maximum absolute atomic E-state index is 13.0. The summed E-state index contributed by atoms with van der Waals surface area (Å²) in [5.74, 6) is 0.212. The second-order valence-corrected chi connectivity index (χ2v) is 9.21. The number of para-hydroxylation sites is 1. The van der Waals surface area contributed by atoms with Gasteiger partial charge in [-0.2, -0.15) is 0 Å². The number of carbonyl (C=O) groups is 2. The fraction of sp³-hybridized carbons (Fsp3) is 0.333. The summed E-state index contributed by atoms with van der Waals surface area (Å²) in [5.41, 5.74) is 6.68. The lowest BCUT2D eigenvalue weighted by molar-refractivity contribution is -0.138. The zero-order chi connectivity index (χ0) is 22.4. The van der Waals surface area contributed by atoms with Gasteiger partial charge in [0.2, 0.25) is 11.8 Å². The van der Waals surface area contributed by atoms with Crippen molar-refractivity contribution in [2.45, 2.75) is 32.1 Å². The summed E-state index contributed by atoms with van der Waals surface area (Å²) >= 11 is 0. The molecule has 2 aliphatic rings. The summed E-state index contributed by atoms with van der Waals surface area (Å²) in [6, 6.07) is 12.4. The van der Waals surface area contributed by atoms with E-state index in [0.717, 1.165) is 45.8 Å². The number of aromatic nitrogens is 1. The van der Waals surface area contributed by atoms with Crippen molar-refractivity contribution in [3.63, 3.8) is 0 Å². The zero-order valence-electron chi connectivity index (χ0n) is 18.6. The van der Waals surface area contributed by atoms with Gasteiger partial charge in [-0.3, -0.25) is 9.59 Å². The first-order valence-electron chi connectivity index (χ1n) is 11.8. The molecule has 2 aromatic heterocycles. The number of hydrogen-bond acceptors (Lipinski definition) is 3. The molecular formula is C27H27N3O3. The van der Waals surface area contributed by atoms with Gasteiger partial charge in [0.15, 0.2) is 0 Å². The van der Waals surface area contributed by atoms with Crippen molar-refractivity contribution in [2.75, 3.05) is 26.2 Å². The molecular weight excluding hydrogens is 414 g/mol. The lowest BCUT2D eigenvalue weighted by Crippen LogP contribution is -2.51. The maximum Gasteiger partial charge on any atom is 0.227 e. The first kappa shape index (κ1) is 20.1. The van der Waals surface area contributed by atoms with Crippen LogP contribution in [-0.2, 0) is 35.3 Å². The van der Waals surface area contributed by atoms with Gasteiger partial charge in [-0.1, -0.05) is 18.2 Å². The smallest absolute Gasteiger partial charge is 0.227 e. The molecule has 6 nitrogen and oxygen atoms in total. The molecule has 3 heterocycles. The Kier molecular flexibility index (Phi) is 4.93. The van der Waals surface area contributed by atoms with Crippen LogP contribution in [0.25, 0.3) is 21.9 Å². The van der Waals surface area contributed by atoms with E-state index >= 15 is 0 Å². The molecule has 1 aliphatic heterocycles. The van der Waals surface area contributed by atoms with Gasteiger partial charge in [-0.15, -0.1) is 0 Å². The van der Waals surface area contributed by atoms with E-state index in [1.807, 2.05) is 40.3 Å². The second-order valence-electron chi connectivity index (χ2n) is 9.21. The van der Waals surface area contributed by atoms with E-state index in [9.17, 15) is 9.59 Å². The zero-order valence-corrected chi connectivity index (χ0v) is 18.6. The van der Waals surface area contributed by atoms with E-state index in [2.05, 4.69) is 17.1 Å². The summed E-state index contributed by atoms with van der Waals surface area (Å²) < 4.78 is 5.77. The number of hydrogen-bond donors (Lipinski definition) is 1. The first-order chi connectivity index (χ1) is 16.2. The summed E-state index contributed by atoms with van der Waals surface area (Å²) in [7, 11) is 0. The fourth-order valence-corrected chi connectivity index (χ4v) is 5.32. The topological polar surface area (TPSA) is 69.6 Å². The number of aryl methyl sites for hydroxylation is 2. The fourth-order valence-electron chi connectivity index (χ4n) is 5.32. The number of nitrogens with zero attached hydrogens (tertiary/aromatic N) is 2.